The molecule has 0 aliphatic carbocycles. The highest BCUT2D eigenvalue weighted by Crippen LogP contribution is 2.46. The molecule has 3 heterocycles. The van der Waals surface area contributed by atoms with Crippen LogP contribution in [0.3, 0.4) is 0 Å². The first kappa shape index (κ1) is 20.4. The van der Waals surface area contributed by atoms with Crippen LogP contribution in [-0.2, 0) is 12.0 Å². The van der Waals surface area contributed by atoms with Crippen LogP contribution in [0.25, 0.3) is 11.3 Å². The summed E-state index contributed by atoms with van der Waals surface area (Å²) in [5.74, 6) is 1.75. The maximum absolute atomic E-state index is 13.1. The average Bonchev–Trinajstić information content (AvgIpc) is 3.42. The minimum Gasteiger partial charge on any atom is -0.492 e. The summed E-state index contributed by atoms with van der Waals surface area (Å²) < 4.78 is 11.8. The van der Waals surface area contributed by atoms with E-state index in [1.165, 1.54) is 5.56 Å². The predicted octanol–water partition coefficient (Wildman–Crippen LogP) is 5.28. The summed E-state index contributed by atoms with van der Waals surface area (Å²) in [7, 11) is 0. The summed E-state index contributed by atoms with van der Waals surface area (Å²) in [6, 6.07) is 14.9. The zero-order valence-corrected chi connectivity index (χ0v) is 18.4. The molecule has 2 aliphatic heterocycles. The van der Waals surface area contributed by atoms with E-state index in [1.807, 2.05) is 23.1 Å². The highest BCUT2D eigenvalue weighted by atomic mass is 35.5. The zero-order chi connectivity index (χ0) is 21.6. The number of likely N-dealkylation sites (tertiary alicyclic amines) is 1. The number of piperidine rings is 1. The van der Waals surface area contributed by atoms with E-state index in [0.717, 1.165) is 29.7 Å². The first-order valence-electron chi connectivity index (χ1n) is 10.3. The number of carbonyl (C=O) groups is 1. The van der Waals surface area contributed by atoms with E-state index in [2.05, 4.69) is 6.07 Å². The lowest BCUT2D eigenvalue weighted by Gasteiger charge is -2.38. The summed E-state index contributed by atoms with van der Waals surface area (Å²) in [4.78, 5) is 14.9. The van der Waals surface area contributed by atoms with Crippen LogP contribution in [0.2, 0.25) is 10.0 Å². The maximum atomic E-state index is 13.1. The Morgan fingerprint density at radius 1 is 1.03 bits per heavy atom. The average molecular weight is 457 g/mol. The first-order valence-corrected chi connectivity index (χ1v) is 11.1. The third kappa shape index (κ3) is 3.61. The molecule has 5 nitrogen and oxygen atoms in total. The molecule has 2 aliphatic rings. The van der Waals surface area contributed by atoms with Gasteiger partial charge in [0.05, 0.1) is 16.7 Å². The van der Waals surface area contributed by atoms with Crippen molar-refractivity contribution in [2.75, 3.05) is 19.7 Å². The molecular weight excluding hydrogens is 435 g/mol. The Morgan fingerprint density at radius 2 is 1.84 bits per heavy atom. The molecule has 0 saturated carbocycles. The van der Waals surface area contributed by atoms with E-state index < -0.39 is 0 Å². The number of nitrogens with zero attached hydrogens (tertiary/aromatic N) is 1. The Morgan fingerprint density at radius 3 is 2.58 bits per heavy atom. The fraction of sp³-hybridized carbons (Fsp3) is 0.292. The normalized spacial score (nSPS) is 16.9. The molecule has 160 valence electrons. The van der Waals surface area contributed by atoms with E-state index in [4.69, 9.17) is 38.1 Å². The number of ether oxygens (including phenoxy) is 1. The third-order valence-electron chi connectivity index (χ3n) is 6.38. The highest BCUT2D eigenvalue weighted by molar-refractivity contribution is 6.42. The van der Waals surface area contributed by atoms with Gasteiger partial charge < -0.3 is 19.8 Å². The van der Waals surface area contributed by atoms with Crippen molar-refractivity contribution in [3.63, 3.8) is 0 Å². The first-order chi connectivity index (χ1) is 15.0. The molecule has 3 aromatic rings. The molecule has 0 atom stereocenters. The summed E-state index contributed by atoms with van der Waals surface area (Å²) in [6.07, 6.45) is 1.69. The van der Waals surface area contributed by atoms with Crippen molar-refractivity contribution in [1.29, 1.82) is 0 Å². The van der Waals surface area contributed by atoms with Gasteiger partial charge in [0, 0.05) is 36.2 Å². The van der Waals surface area contributed by atoms with Crippen LogP contribution in [0.4, 0.5) is 0 Å². The van der Waals surface area contributed by atoms with Crippen molar-refractivity contribution in [3.8, 4) is 17.1 Å². The van der Waals surface area contributed by atoms with Gasteiger partial charge in [-0.05, 0) is 54.8 Å². The molecule has 0 radical (unpaired) electrons. The fourth-order valence-electron chi connectivity index (χ4n) is 4.50. The standard InChI is InChI=1S/C24H22Cl2N2O3/c25-18-3-2-16(12-19(18)26)20-5-6-22(31-20)23(29)28-9-7-24(8-10-28)14-30-21-4-1-15(13-27)11-17(21)24/h1-6,11-12H,7-10,13-14,27H2. The highest BCUT2D eigenvalue weighted by Gasteiger charge is 2.44. The topological polar surface area (TPSA) is 68.7 Å². The van der Waals surface area contributed by atoms with Crippen LogP contribution < -0.4 is 10.5 Å². The summed E-state index contributed by atoms with van der Waals surface area (Å²) >= 11 is 12.1. The van der Waals surface area contributed by atoms with Gasteiger partial charge in [0.2, 0.25) is 0 Å². The number of carbonyl (C=O) groups excluding carboxylic acids is 1. The lowest BCUT2D eigenvalue weighted by atomic mass is 9.74. The molecule has 2 N–H and O–H groups in total. The maximum Gasteiger partial charge on any atom is 0.289 e. The molecule has 0 bridgehead atoms. The molecule has 0 unspecified atom stereocenters. The van der Waals surface area contributed by atoms with E-state index >= 15 is 0 Å². The van der Waals surface area contributed by atoms with Crippen LogP contribution >= 0.6 is 23.2 Å². The molecule has 1 spiro atoms. The number of furan rings is 1. The summed E-state index contributed by atoms with van der Waals surface area (Å²) in [5.41, 5.74) is 8.89. The van der Waals surface area contributed by atoms with Crippen molar-refractivity contribution < 1.29 is 13.9 Å². The molecular formula is C24H22Cl2N2O3. The van der Waals surface area contributed by atoms with Crippen molar-refractivity contribution in [2.45, 2.75) is 24.8 Å². The number of amides is 1. The predicted molar refractivity (Wildman–Crippen MR) is 121 cm³/mol. The Hall–Kier alpha value is -2.47. The Labute approximate surface area is 190 Å². The number of hydrogen-bond acceptors (Lipinski definition) is 4. The minimum absolute atomic E-state index is 0.0499. The number of hydrogen-bond donors (Lipinski definition) is 1. The molecule has 2 aromatic carbocycles. The van der Waals surface area contributed by atoms with Gasteiger partial charge in [-0.2, -0.15) is 0 Å². The van der Waals surface area contributed by atoms with Crippen molar-refractivity contribution >= 4 is 29.1 Å². The van der Waals surface area contributed by atoms with Gasteiger partial charge in [-0.25, -0.2) is 0 Å². The zero-order valence-electron chi connectivity index (χ0n) is 16.9. The van der Waals surface area contributed by atoms with Crippen LogP contribution in [0.15, 0.2) is 52.9 Å². The smallest absolute Gasteiger partial charge is 0.289 e. The number of nitrogens with two attached hydrogens (primary N) is 1. The van der Waals surface area contributed by atoms with Gasteiger partial charge in [-0.15, -0.1) is 0 Å². The number of benzene rings is 2. The molecule has 7 heteroatoms. The lowest BCUT2D eigenvalue weighted by Crippen LogP contribution is -2.46. The summed E-state index contributed by atoms with van der Waals surface area (Å²) in [6.45, 7) is 2.46. The fourth-order valence-corrected chi connectivity index (χ4v) is 4.80. The minimum atomic E-state index is -0.101. The molecule has 1 aromatic heterocycles. The van der Waals surface area contributed by atoms with E-state index in [1.54, 1.807) is 24.3 Å². The van der Waals surface area contributed by atoms with Gasteiger partial charge >= 0.3 is 0 Å². The van der Waals surface area contributed by atoms with Gasteiger partial charge in [0.1, 0.15) is 11.5 Å². The van der Waals surface area contributed by atoms with E-state index in [-0.39, 0.29) is 11.3 Å². The largest absolute Gasteiger partial charge is 0.492 e. The van der Waals surface area contributed by atoms with Gasteiger partial charge in [0.15, 0.2) is 5.76 Å². The Kier molecular flexibility index (Phi) is 5.21. The van der Waals surface area contributed by atoms with Gasteiger partial charge in [0.25, 0.3) is 5.91 Å². The lowest BCUT2D eigenvalue weighted by molar-refractivity contribution is 0.0616. The molecule has 1 saturated heterocycles. The van der Waals surface area contributed by atoms with Crippen LogP contribution in [-0.4, -0.2) is 30.5 Å². The van der Waals surface area contributed by atoms with Gasteiger partial charge in [-0.3, -0.25) is 4.79 Å². The van der Waals surface area contributed by atoms with Crippen molar-refractivity contribution in [1.82, 2.24) is 4.90 Å². The molecule has 1 amide bonds. The summed E-state index contributed by atoms with van der Waals surface area (Å²) in [5, 5.41) is 0.924. The SMILES string of the molecule is NCc1ccc2c(c1)C1(CCN(C(=O)c3ccc(-c4ccc(Cl)c(Cl)c4)o3)CC1)CO2. The molecule has 1 fully saturated rings. The van der Waals surface area contributed by atoms with Crippen LogP contribution in [0.1, 0.15) is 34.5 Å². The Balaban J connectivity index is 1.31. The molecule has 31 heavy (non-hydrogen) atoms. The monoisotopic (exact) mass is 456 g/mol. The van der Waals surface area contributed by atoms with E-state index in [9.17, 15) is 4.79 Å². The van der Waals surface area contributed by atoms with Crippen molar-refractivity contribution in [2.24, 2.45) is 5.73 Å². The number of halogens is 2. The van der Waals surface area contributed by atoms with Crippen LogP contribution in [0, 0.1) is 0 Å². The van der Waals surface area contributed by atoms with E-state index in [0.29, 0.717) is 47.8 Å². The number of rotatable bonds is 3. The van der Waals surface area contributed by atoms with Crippen LogP contribution in [0.5, 0.6) is 5.75 Å². The second-order valence-electron chi connectivity index (χ2n) is 8.19. The van der Waals surface area contributed by atoms with Gasteiger partial charge in [-0.1, -0.05) is 35.3 Å². The number of fused-ring (bicyclic) bond motifs is 2. The Bertz CT molecular complexity index is 1150. The second kappa shape index (κ2) is 7.90. The quantitative estimate of drug-likeness (QED) is 0.581. The molecule has 5 rings (SSSR count). The second-order valence-corrected chi connectivity index (χ2v) is 9.00. The third-order valence-corrected chi connectivity index (χ3v) is 7.12. The van der Waals surface area contributed by atoms with Crippen molar-refractivity contribution in [3.05, 3.63) is 75.5 Å².